The molecule has 6 nitrogen and oxygen atoms in total. The van der Waals surface area contributed by atoms with E-state index in [1.807, 2.05) is 0 Å². The van der Waals surface area contributed by atoms with Gasteiger partial charge in [-0.25, -0.2) is 9.48 Å². The monoisotopic (exact) mass is 272 g/mol. The number of hydrogen-bond acceptors (Lipinski definition) is 4. The van der Waals surface area contributed by atoms with Crippen molar-refractivity contribution in [2.24, 2.45) is 5.92 Å². The van der Waals surface area contributed by atoms with Gasteiger partial charge in [-0.15, -0.1) is 5.10 Å². The summed E-state index contributed by atoms with van der Waals surface area (Å²) in [5, 5.41) is 17.1. The van der Waals surface area contributed by atoms with E-state index in [9.17, 15) is 9.90 Å². The summed E-state index contributed by atoms with van der Waals surface area (Å²) in [5.41, 5.74) is 1.38. The first-order chi connectivity index (χ1) is 9.75. The molecule has 0 unspecified atom stereocenters. The second kappa shape index (κ2) is 5.40. The van der Waals surface area contributed by atoms with Crippen molar-refractivity contribution < 1.29 is 9.90 Å². The van der Waals surface area contributed by atoms with E-state index in [2.05, 4.69) is 15.3 Å². The van der Waals surface area contributed by atoms with Gasteiger partial charge in [0.15, 0.2) is 5.69 Å². The summed E-state index contributed by atoms with van der Waals surface area (Å²) in [5.74, 6) is -0.478. The van der Waals surface area contributed by atoms with Crippen LogP contribution in [-0.2, 0) is 6.54 Å². The third kappa shape index (κ3) is 2.41. The number of carbonyl (C=O) groups is 1. The van der Waals surface area contributed by atoms with Gasteiger partial charge in [0.05, 0.1) is 0 Å². The van der Waals surface area contributed by atoms with Crippen LogP contribution < -0.4 is 0 Å². The maximum Gasteiger partial charge on any atom is 0.358 e. The van der Waals surface area contributed by atoms with E-state index in [0.717, 1.165) is 12.1 Å². The first kappa shape index (κ1) is 12.8. The Morgan fingerprint density at radius 1 is 1.30 bits per heavy atom. The van der Waals surface area contributed by atoms with Crippen molar-refractivity contribution in [3.05, 3.63) is 30.2 Å². The number of carboxylic acid groups (broad SMARTS) is 1. The third-order valence-corrected chi connectivity index (χ3v) is 3.80. The van der Waals surface area contributed by atoms with Gasteiger partial charge in [0.2, 0.25) is 0 Å². The molecule has 0 saturated heterocycles. The second-order valence-corrected chi connectivity index (χ2v) is 5.16. The van der Waals surface area contributed by atoms with Crippen LogP contribution in [0, 0.1) is 5.92 Å². The van der Waals surface area contributed by atoms with Gasteiger partial charge >= 0.3 is 5.97 Å². The molecule has 20 heavy (non-hydrogen) atoms. The molecule has 0 bridgehead atoms. The Balaban J connectivity index is 1.99. The van der Waals surface area contributed by atoms with E-state index in [1.54, 1.807) is 29.2 Å². The van der Waals surface area contributed by atoms with Gasteiger partial charge in [-0.1, -0.05) is 18.1 Å². The van der Waals surface area contributed by atoms with E-state index in [4.69, 9.17) is 0 Å². The Bertz CT molecular complexity index is 603. The molecule has 2 aromatic heterocycles. The van der Waals surface area contributed by atoms with E-state index >= 15 is 0 Å². The maximum absolute atomic E-state index is 11.3. The molecule has 3 rings (SSSR count). The minimum Gasteiger partial charge on any atom is -0.476 e. The van der Waals surface area contributed by atoms with E-state index in [0.29, 0.717) is 11.6 Å². The van der Waals surface area contributed by atoms with Gasteiger partial charge < -0.3 is 5.11 Å². The van der Waals surface area contributed by atoms with Crippen molar-refractivity contribution in [2.75, 3.05) is 0 Å². The minimum absolute atomic E-state index is 0.00852. The summed E-state index contributed by atoms with van der Waals surface area (Å²) in [4.78, 5) is 15.3. The number of carboxylic acids is 1. The average Bonchev–Trinajstić information content (AvgIpc) is 3.09. The Labute approximate surface area is 116 Å². The summed E-state index contributed by atoms with van der Waals surface area (Å²) in [7, 11) is 0. The minimum atomic E-state index is -1.05. The zero-order valence-corrected chi connectivity index (χ0v) is 11.1. The first-order valence-electron chi connectivity index (χ1n) is 6.83. The van der Waals surface area contributed by atoms with Crippen molar-refractivity contribution in [1.29, 1.82) is 0 Å². The number of nitrogens with zero attached hydrogens (tertiary/aromatic N) is 4. The number of aromatic carboxylic acids is 1. The highest BCUT2D eigenvalue weighted by Gasteiger charge is 2.23. The van der Waals surface area contributed by atoms with Gasteiger partial charge in [-0.05, 0) is 30.9 Å². The highest BCUT2D eigenvalue weighted by molar-refractivity contribution is 5.92. The van der Waals surface area contributed by atoms with Crippen LogP contribution in [0.4, 0.5) is 0 Å². The zero-order chi connectivity index (χ0) is 13.9. The van der Waals surface area contributed by atoms with Crippen LogP contribution in [0.5, 0.6) is 0 Å². The molecule has 0 aliphatic heterocycles. The van der Waals surface area contributed by atoms with Crippen molar-refractivity contribution in [1.82, 2.24) is 20.0 Å². The molecule has 2 heterocycles. The maximum atomic E-state index is 11.3. The molecule has 1 aliphatic carbocycles. The molecule has 1 aliphatic rings. The quantitative estimate of drug-likeness (QED) is 0.923. The predicted molar refractivity (Wildman–Crippen MR) is 72.2 cm³/mol. The molecule has 104 valence electrons. The van der Waals surface area contributed by atoms with Crippen LogP contribution >= 0.6 is 0 Å². The van der Waals surface area contributed by atoms with Gasteiger partial charge in [0.25, 0.3) is 0 Å². The highest BCUT2D eigenvalue weighted by Crippen LogP contribution is 2.29. The topological polar surface area (TPSA) is 80.9 Å². The second-order valence-electron chi connectivity index (χ2n) is 5.16. The van der Waals surface area contributed by atoms with Gasteiger partial charge in [-0.2, -0.15) is 0 Å². The van der Waals surface area contributed by atoms with E-state index < -0.39 is 5.97 Å². The Hall–Kier alpha value is -2.24. The van der Waals surface area contributed by atoms with E-state index in [1.165, 1.54) is 25.7 Å². The molecular formula is C14H16N4O2. The Morgan fingerprint density at radius 3 is 2.65 bits per heavy atom. The molecule has 0 aromatic carbocycles. The normalized spacial score (nSPS) is 15.6. The molecule has 0 radical (unpaired) electrons. The lowest BCUT2D eigenvalue weighted by Gasteiger charge is -2.11. The molecule has 0 atom stereocenters. The van der Waals surface area contributed by atoms with Gasteiger partial charge in [-0.3, -0.25) is 4.98 Å². The van der Waals surface area contributed by atoms with Crippen LogP contribution in [0.3, 0.4) is 0 Å². The molecule has 0 spiro atoms. The summed E-state index contributed by atoms with van der Waals surface area (Å²) in [6.07, 6.45) is 8.14. The molecule has 0 amide bonds. The predicted octanol–water partition coefficient (Wildman–Crippen LogP) is 2.23. The number of pyridine rings is 1. The molecule has 1 fully saturated rings. The standard InChI is InChI=1S/C14H16N4O2/c19-14(20)12-13(11-5-7-15-8-6-11)18(17-16-12)9-10-3-1-2-4-10/h5-8,10H,1-4,9H2,(H,19,20). The van der Waals surface area contributed by atoms with Crippen LogP contribution in [-0.4, -0.2) is 31.1 Å². The average molecular weight is 272 g/mol. The number of aromatic nitrogens is 4. The van der Waals surface area contributed by atoms with Crippen LogP contribution in [0.2, 0.25) is 0 Å². The molecule has 1 N–H and O–H groups in total. The SMILES string of the molecule is O=C(O)c1nnn(CC2CCCC2)c1-c1ccncc1. The van der Waals surface area contributed by atoms with Crippen LogP contribution in [0.25, 0.3) is 11.3 Å². The smallest absolute Gasteiger partial charge is 0.358 e. The van der Waals surface area contributed by atoms with Crippen LogP contribution in [0.1, 0.15) is 36.2 Å². The zero-order valence-electron chi connectivity index (χ0n) is 11.1. The van der Waals surface area contributed by atoms with Gasteiger partial charge in [0, 0.05) is 24.5 Å². The summed E-state index contributed by atoms with van der Waals surface area (Å²) in [6.45, 7) is 0.734. The van der Waals surface area contributed by atoms with Crippen molar-refractivity contribution in [3.63, 3.8) is 0 Å². The Morgan fingerprint density at radius 2 is 2.00 bits per heavy atom. The summed E-state index contributed by atoms with van der Waals surface area (Å²) < 4.78 is 1.73. The van der Waals surface area contributed by atoms with Crippen molar-refractivity contribution >= 4 is 5.97 Å². The molecular weight excluding hydrogens is 256 g/mol. The lowest BCUT2D eigenvalue weighted by Crippen LogP contribution is -2.11. The fourth-order valence-electron chi connectivity index (χ4n) is 2.82. The summed E-state index contributed by atoms with van der Waals surface area (Å²) >= 11 is 0. The third-order valence-electron chi connectivity index (χ3n) is 3.80. The van der Waals surface area contributed by atoms with Gasteiger partial charge in [0.1, 0.15) is 5.69 Å². The molecule has 1 saturated carbocycles. The fraction of sp³-hybridized carbons (Fsp3) is 0.429. The highest BCUT2D eigenvalue weighted by atomic mass is 16.4. The van der Waals surface area contributed by atoms with Crippen molar-refractivity contribution in [3.8, 4) is 11.3 Å². The molecule has 6 heteroatoms. The molecule has 2 aromatic rings. The van der Waals surface area contributed by atoms with Crippen LogP contribution in [0.15, 0.2) is 24.5 Å². The Kier molecular flexibility index (Phi) is 3.45. The first-order valence-corrected chi connectivity index (χ1v) is 6.83. The lowest BCUT2D eigenvalue weighted by molar-refractivity contribution is 0.0691. The van der Waals surface area contributed by atoms with Crippen molar-refractivity contribution in [2.45, 2.75) is 32.2 Å². The van der Waals surface area contributed by atoms with E-state index in [-0.39, 0.29) is 5.69 Å². The fourth-order valence-corrected chi connectivity index (χ4v) is 2.82. The number of hydrogen-bond donors (Lipinski definition) is 1. The largest absolute Gasteiger partial charge is 0.476 e. The number of rotatable bonds is 4. The lowest BCUT2D eigenvalue weighted by atomic mass is 10.1. The summed E-state index contributed by atoms with van der Waals surface area (Å²) in [6, 6.07) is 3.58.